The first-order chi connectivity index (χ1) is 9.96. The van der Waals surface area contributed by atoms with E-state index in [4.69, 9.17) is 0 Å². The largest absolute Gasteiger partial charge is 0.340 e. The van der Waals surface area contributed by atoms with Crippen molar-refractivity contribution in [2.75, 3.05) is 20.1 Å². The molecule has 1 aromatic heterocycles. The molecule has 2 fully saturated rings. The molecule has 1 spiro atoms. The molecule has 0 bridgehead atoms. The Morgan fingerprint density at radius 1 is 1.24 bits per heavy atom. The maximum absolute atomic E-state index is 12.6. The molecule has 2 saturated heterocycles. The average Bonchev–Trinajstić information content (AvgIpc) is 3.01. The maximum atomic E-state index is 12.6. The third-order valence-corrected chi connectivity index (χ3v) is 8.13. The van der Waals surface area contributed by atoms with Crippen LogP contribution < -0.4 is 0 Å². The molecule has 5 nitrogen and oxygen atoms in total. The van der Waals surface area contributed by atoms with Gasteiger partial charge in [0.2, 0.25) is 5.91 Å². The molecule has 3 rings (SSSR count). The van der Waals surface area contributed by atoms with Crippen LogP contribution in [0.15, 0.2) is 21.7 Å². The normalized spacial score (nSPS) is 28.2. The highest BCUT2D eigenvalue weighted by atomic mass is 32.2. The molecule has 2 aliphatic rings. The number of carbonyl (C=O) groups is 1. The maximum Gasteiger partial charge on any atom is 0.252 e. The summed E-state index contributed by atoms with van der Waals surface area (Å²) in [5.41, 5.74) is -0.128. The summed E-state index contributed by atoms with van der Waals surface area (Å²) < 4.78 is 27.2. The van der Waals surface area contributed by atoms with Crippen molar-refractivity contribution in [1.82, 2.24) is 9.21 Å². The molecular weight excluding hydrogens is 308 g/mol. The van der Waals surface area contributed by atoms with Crippen molar-refractivity contribution in [3.8, 4) is 0 Å². The average molecular weight is 328 g/mol. The number of rotatable bonds is 2. The Hall–Kier alpha value is -0.920. The Bertz CT molecular complexity index is 627. The second-order valence-electron chi connectivity index (χ2n) is 5.87. The lowest BCUT2D eigenvalue weighted by molar-refractivity contribution is -0.129. The van der Waals surface area contributed by atoms with Crippen molar-refractivity contribution < 1.29 is 13.2 Å². The van der Waals surface area contributed by atoms with Gasteiger partial charge in [-0.15, -0.1) is 11.3 Å². The van der Waals surface area contributed by atoms with Crippen LogP contribution in [0.3, 0.4) is 0 Å². The van der Waals surface area contributed by atoms with E-state index in [1.165, 1.54) is 11.3 Å². The quantitative estimate of drug-likeness (QED) is 0.833. The number of nitrogens with zero attached hydrogens (tertiary/aromatic N) is 2. The van der Waals surface area contributed by atoms with Crippen molar-refractivity contribution >= 4 is 27.3 Å². The summed E-state index contributed by atoms with van der Waals surface area (Å²) in [4.78, 5) is 13.7. The van der Waals surface area contributed by atoms with Gasteiger partial charge in [-0.05, 0) is 37.1 Å². The van der Waals surface area contributed by atoms with E-state index in [1.54, 1.807) is 21.8 Å². The van der Waals surface area contributed by atoms with E-state index in [1.807, 2.05) is 11.9 Å². The minimum atomic E-state index is -3.37. The molecule has 0 radical (unpaired) electrons. The zero-order chi connectivity index (χ0) is 15.1. The predicted octanol–water partition coefficient (Wildman–Crippen LogP) is 1.91. The third-order valence-electron chi connectivity index (χ3n) is 4.86. The van der Waals surface area contributed by atoms with Crippen LogP contribution in [0.25, 0.3) is 0 Å². The Balaban J connectivity index is 1.79. The highest BCUT2D eigenvalue weighted by molar-refractivity contribution is 7.91. The molecular formula is C14H20N2O3S2. The molecule has 2 aliphatic heterocycles. The Morgan fingerprint density at radius 2 is 2.05 bits per heavy atom. The van der Waals surface area contributed by atoms with E-state index in [0.717, 1.165) is 25.7 Å². The number of likely N-dealkylation sites (tertiary alicyclic amines) is 1. The highest BCUT2D eigenvalue weighted by Gasteiger charge is 2.44. The number of hydrogen-bond donors (Lipinski definition) is 0. The van der Waals surface area contributed by atoms with Gasteiger partial charge in [-0.3, -0.25) is 4.79 Å². The second kappa shape index (κ2) is 5.37. The molecule has 0 saturated carbocycles. The van der Waals surface area contributed by atoms with Crippen molar-refractivity contribution in [1.29, 1.82) is 0 Å². The van der Waals surface area contributed by atoms with Crippen LogP contribution in [0, 0.1) is 0 Å². The van der Waals surface area contributed by atoms with Gasteiger partial charge in [0.15, 0.2) is 0 Å². The summed E-state index contributed by atoms with van der Waals surface area (Å²) >= 11 is 1.26. The standard InChI is InChI=1S/C14H20N2O3S2/c1-15-12(17)5-7-14(15)6-3-9-16(10-8-14)21(18,19)13-4-2-11-20-13/h2,4,11H,3,5-10H2,1H3/t14-/m1/s1. The number of carbonyl (C=O) groups excluding carboxylic acids is 1. The van der Waals surface area contributed by atoms with Gasteiger partial charge in [0, 0.05) is 32.1 Å². The van der Waals surface area contributed by atoms with Gasteiger partial charge in [0.25, 0.3) is 10.0 Å². The first kappa shape index (κ1) is 15.0. The van der Waals surface area contributed by atoms with Gasteiger partial charge in [-0.25, -0.2) is 8.42 Å². The van der Waals surface area contributed by atoms with E-state index in [2.05, 4.69) is 0 Å². The smallest absolute Gasteiger partial charge is 0.252 e. The van der Waals surface area contributed by atoms with Gasteiger partial charge >= 0.3 is 0 Å². The summed E-state index contributed by atoms with van der Waals surface area (Å²) in [5.74, 6) is 0.185. The molecule has 116 valence electrons. The van der Waals surface area contributed by atoms with Crippen LogP contribution in [-0.2, 0) is 14.8 Å². The summed E-state index contributed by atoms with van der Waals surface area (Å²) in [6, 6.07) is 3.42. The van der Waals surface area contributed by atoms with Crippen LogP contribution in [-0.4, -0.2) is 49.2 Å². The van der Waals surface area contributed by atoms with Crippen LogP contribution in [0.5, 0.6) is 0 Å². The number of thiophene rings is 1. The van der Waals surface area contributed by atoms with E-state index >= 15 is 0 Å². The Morgan fingerprint density at radius 3 is 2.67 bits per heavy atom. The first-order valence-electron chi connectivity index (χ1n) is 7.26. The fraction of sp³-hybridized carbons (Fsp3) is 0.643. The topological polar surface area (TPSA) is 57.7 Å². The minimum Gasteiger partial charge on any atom is -0.340 e. The van der Waals surface area contributed by atoms with Gasteiger partial charge in [0.1, 0.15) is 4.21 Å². The SMILES string of the molecule is CN1C(=O)CC[C@@]12CCCN(S(=O)(=O)c1cccs1)CC2. The fourth-order valence-electron chi connectivity index (χ4n) is 3.46. The number of amides is 1. The molecule has 1 atom stereocenters. The van der Waals surface area contributed by atoms with Gasteiger partial charge in [-0.2, -0.15) is 4.31 Å². The van der Waals surface area contributed by atoms with Crippen molar-refractivity contribution in [3.05, 3.63) is 17.5 Å². The second-order valence-corrected chi connectivity index (χ2v) is 8.98. The Kier molecular flexibility index (Phi) is 3.83. The summed E-state index contributed by atoms with van der Waals surface area (Å²) in [7, 11) is -1.51. The lowest BCUT2D eigenvalue weighted by Crippen LogP contribution is -2.44. The molecule has 0 aromatic carbocycles. The highest BCUT2D eigenvalue weighted by Crippen LogP contribution is 2.38. The fourth-order valence-corrected chi connectivity index (χ4v) is 6.08. The summed E-state index contributed by atoms with van der Waals surface area (Å²) in [6.07, 6.45) is 3.89. The van der Waals surface area contributed by atoms with Crippen LogP contribution >= 0.6 is 11.3 Å². The monoisotopic (exact) mass is 328 g/mol. The first-order valence-corrected chi connectivity index (χ1v) is 9.58. The molecule has 0 unspecified atom stereocenters. The summed E-state index contributed by atoms with van der Waals surface area (Å²) in [5, 5.41) is 1.79. The van der Waals surface area contributed by atoms with Crippen LogP contribution in [0.2, 0.25) is 0 Å². The number of sulfonamides is 1. The van der Waals surface area contributed by atoms with Crippen LogP contribution in [0.1, 0.15) is 32.1 Å². The molecule has 7 heteroatoms. The van der Waals surface area contributed by atoms with Crippen LogP contribution in [0.4, 0.5) is 0 Å². The van der Waals surface area contributed by atoms with E-state index < -0.39 is 10.0 Å². The van der Waals surface area contributed by atoms with Crippen molar-refractivity contribution in [2.45, 2.75) is 41.9 Å². The zero-order valence-corrected chi connectivity index (χ0v) is 13.8. The zero-order valence-electron chi connectivity index (χ0n) is 12.1. The van der Waals surface area contributed by atoms with E-state index in [0.29, 0.717) is 23.7 Å². The molecule has 0 aliphatic carbocycles. The lowest BCUT2D eigenvalue weighted by Gasteiger charge is -2.35. The molecule has 1 amide bonds. The van der Waals surface area contributed by atoms with Gasteiger partial charge in [0.05, 0.1) is 0 Å². The van der Waals surface area contributed by atoms with Crippen molar-refractivity contribution in [3.63, 3.8) is 0 Å². The molecule has 3 heterocycles. The Labute approximate surface area is 129 Å². The van der Waals surface area contributed by atoms with Gasteiger partial charge in [-0.1, -0.05) is 6.07 Å². The molecule has 0 N–H and O–H groups in total. The summed E-state index contributed by atoms with van der Waals surface area (Å²) in [6.45, 7) is 1.04. The lowest BCUT2D eigenvalue weighted by atomic mass is 9.88. The third kappa shape index (κ3) is 2.51. The molecule has 1 aromatic rings. The molecule has 21 heavy (non-hydrogen) atoms. The van der Waals surface area contributed by atoms with Gasteiger partial charge < -0.3 is 4.90 Å². The predicted molar refractivity (Wildman–Crippen MR) is 81.7 cm³/mol. The van der Waals surface area contributed by atoms with E-state index in [-0.39, 0.29) is 11.4 Å². The van der Waals surface area contributed by atoms with E-state index in [9.17, 15) is 13.2 Å². The van der Waals surface area contributed by atoms with Crippen molar-refractivity contribution in [2.24, 2.45) is 0 Å². The number of hydrogen-bond acceptors (Lipinski definition) is 4. The minimum absolute atomic E-state index is 0.128.